The van der Waals surface area contributed by atoms with Crippen LogP contribution in [-0.4, -0.2) is 4.98 Å². The van der Waals surface area contributed by atoms with Crippen molar-refractivity contribution in [2.75, 3.05) is 0 Å². The maximum Gasteiger partial charge on any atom is 0.0244 e. The lowest BCUT2D eigenvalue weighted by Crippen LogP contribution is -2.26. The minimum Gasteiger partial charge on any atom is -0.361 e. The topological polar surface area (TPSA) is 15.8 Å². The molecule has 0 atom stereocenters. The molecule has 0 saturated heterocycles. The van der Waals surface area contributed by atoms with Crippen LogP contribution in [0.3, 0.4) is 0 Å². The summed E-state index contributed by atoms with van der Waals surface area (Å²) >= 11 is 0. The van der Waals surface area contributed by atoms with Gasteiger partial charge in [-0.3, -0.25) is 0 Å². The highest BCUT2D eigenvalue weighted by Gasteiger charge is 2.38. The number of H-pyrrole nitrogens is 1. The van der Waals surface area contributed by atoms with Crippen molar-refractivity contribution in [1.29, 1.82) is 0 Å². The Bertz CT molecular complexity index is 456. The zero-order chi connectivity index (χ0) is 17.0. The van der Waals surface area contributed by atoms with Crippen LogP contribution in [-0.2, 0) is 21.7 Å². The van der Waals surface area contributed by atoms with Gasteiger partial charge in [-0.2, -0.15) is 0 Å². The average Bonchev–Trinajstić information content (AvgIpc) is 2.52. The van der Waals surface area contributed by atoms with Crippen LogP contribution in [0.15, 0.2) is 0 Å². The minimum absolute atomic E-state index is 0.131. The van der Waals surface area contributed by atoms with Crippen LogP contribution in [0, 0.1) is 0 Å². The minimum atomic E-state index is 0.131. The van der Waals surface area contributed by atoms with Crippen molar-refractivity contribution < 1.29 is 0 Å². The predicted molar refractivity (Wildman–Crippen MR) is 95.6 cm³/mol. The van der Waals surface area contributed by atoms with Gasteiger partial charge in [-0.25, -0.2) is 0 Å². The first-order valence-corrected chi connectivity index (χ1v) is 8.25. The molecule has 0 saturated carbocycles. The molecule has 122 valence electrons. The second-order valence-electron chi connectivity index (χ2n) is 10.6. The molecule has 1 aromatic heterocycles. The van der Waals surface area contributed by atoms with Crippen LogP contribution in [0.5, 0.6) is 0 Å². The van der Waals surface area contributed by atoms with Gasteiger partial charge in [0, 0.05) is 22.2 Å². The first-order valence-electron chi connectivity index (χ1n) is 8.25. The number of hydrogen-bond donors (Lipinski definition) is 1. The summed E-state index contributed by atoms with van der Waals surface area (Å²) in [5, 5.41) is 0. The molecule has 1 rings (SSSR count). The molecule has 0 aromatic carbocycles. The number of aromatic nitrogens is 1. The molecule has 1 aromatic rings. The van der Waals surface area contributed by atoms with Gasteiger partial charge in [0.05, 0.1) is 0 Å². The van der Waals surface area contributed by atoms with Crippen LogP contribution < -0.4 is 0 Å². The van der Waals surface area contributed by atoms with E-state index in [9.17, 15) is 0 Å². The molecular formula is C20H37N. The maximum absolute atomic E-state index is 3.84. The third-order valence-electron chi connectivity index (χ3n) is 4.00. The SMILES string of the molecule is CC(C)(C)c1[nH]c(C(C)(C)C)c(C(C)(C)C)c1C(C)(C)C. The number of aromatic amines is 1. The van der Waals surface area contributed by atoms with E-state index < -0.39 is 0 Å². The lowest BCUT2D eigenvalue weighted by Gasteiger charge is -2.33. The highest BCUT2D eigenvalue weighted by molar-refractivity contribution is 5.50. The molecule has 1 nitrogen and oxygen atoms in total. The zero-order valence-corrected chi connectivity index (χ0v) is 16.5. The van der Waals surface area contributed by atoms with E-state index >= 15 is 0 Å². The summed E-state index contributed by atoms with van der Waals surface area (Å²) in [5.74, 6) is 0. The summed E-state index contributed by atoms with van der Waals surface area (Å²) in [5.41, 5.74) is 6.41. The number of nitrogens with one attached hydrogen (secondary N) is 1. The van der Waals surface area contributed by atoms with Gasteiger partial charge in [-0.05, 0) is 22.0 Å². The molecule has 21 heavy (non-hydrogen) atoms. The van der Waals surface area contributed by atoms with Crippen molar-refractivity contribution in [2.45, 2.75) is 105 Å². The summed E-state index contributed by atoms with van der Waals surface area (Å²) in [7, 11) is 0. The second-order valence-corrected chi connectivity index (χ2v) is 10.6. The lowest BCUT2D eigenvalue weighted by atomic mass is 9.70. The van der Waals surface area contributed by atoms with Gasteiger partial charge in [-0.15, -0.1) is 0 Å². The first-order chi connectivity index (χ1) is 8.97. The van der Waals surface area contributed by atoms with Crippen LogP contribution in [0.2, 0.25) is 0 Å². The zero-order valence-electron chi connectivity index (χ0n) is 16.5. The summed E-state index contributed by atoms with van der Waals surface area (Å²) in [6, 6.07) is 0. The Hall–Kier alpha value is -0.720. The van der Waals surface area contributed by atoms with Gasteiger partial charge in [0.25, 0.3) is 0 Å². The average molecular weight is 292 g/mol. The maximum atomic E-state index is 3.84. The summed E-state index contributed by atoms with van der Waals surface area (Å²) in [4.78, 5) is 3.84. The number of rotatable bonds is 0. The molecule has 0 aliphatic rings. The van der Waals surface area contributed by atoms with Crippen LogP contribution in [0.25, 0.3) is 0 Å². The predicted octanol–water partition coefficient (Wildman–Crippen LogP) is 6.20. The van der Waals surface area contributed by atoms with E-state index in [-0.39, 0.29) is 21.7 Å². The molecule has 0 spiro atoms. The molecule has 1 N–H and O–H groups in total. The number of hydrogen-bond acceptors (Lipinski definition) is 0. The molecule has 0 aliphatic carbocycles. The first kappa shape index (κ1) is 18.3. The Morgan fingerprint density at radius 3 is 0.810 bits per heavy atom. The summed E-state index contributed by atoms with van der Waals surface area (Å²) in [6.07, 6.45) is 0. The normalized spacial score (nSPS) is 14.7. The summed E-state index contributed by atoms with van der Waals surface area (Å²) in [6.45, 7) is 27.9. The van der Waals surface area contributed by atoms with E-state index in [2.05, 4.69) is 88.1 Å². The fourth-order valence-electron chi connectivity index (χ4n) is 3.12. The Balaban J connectivity index is 3.93. The fraction of sp³-hybridized carbons (Fsp3) is 0.800. The van der Waals surface area contributed by atoms with Crippen molar-refractivity contribution in [3.63, 3.8) is 0 Å². The van der Waals surface area contributed by atoms with Crippen molar-refractivity contribution in [1.82, 2.24) is 4.98 Å². The van der Waals surface area contributed by atoms with Gasteiger partial charge in [0.2, 0.25) is 0 Å². The smallest absolute Gasteiger partial charge is 0.0244 e. The highest BCUT2D eigenvalue weighted by Crippen LogP contribution is 2.45. The van der Waals surface area contributed by atoms with Crippen LogP contribution in [0.4, 0.5) is 0 Å². The Labute approximate surface area is 132 Å². The second kappa shape index (κ2) is 4.89. The molecule has 0 amide bonds. The Morgan fingerprint density at radius 1 is 0.429 bits per heavy atom. The van der Waals surface area contributed by atoms with Crippen LogP contribution in [0.1, 0.15) is 106 Å². The quantitative estimate of drug-likeness (QED) is 0.585. The van der Waals surface area contributed by atoms with E-state index in [1.54, 1.807) is 0 Å². The summed E-state index contributed by atoms with van der Waals surface area (Å²) < 4.78 is 0. The van der Waals surface area contributed by atoms with E-state index in [1.165, 1.54) is 22.5 Å². The van der Waals surface area contributed by atoms with E-state index in [4.69, 9.17) is 0 Å². The van der Waals surface area contributed by atoms with Crippen LogP contribution >= 0.6 is 0 Å². The lowest BCUT2D eigenvalue weighted by molar-refractivity contribution is 0.494. The van der Waals surface area contributed by atoms with Gasteiger partial charge in [-0.1, -0.05) is 83.1 Å². The molecule has 0 fully saturated rings. The largest absolute Gasteiger partial charge is 0.361 e. The van der Waals surface area contributed by atoms with Gasteiger partial charge in [0.15, 0.2) is 0 Å². The van der Waals surface area contributed by atoms with Gasteiger partial charge in [0.1, 0.15) is 0 Å². The fourth-order valence-corrected chi connectivity index (χ4v) is 3.12. The van der Waals surface area contributed by atoms with Gasteiger partial charge >= 0.3 is 0 Å². The monoisotopic (exact) mass is 291 g/mol. The van der Waals surface area contributed by atoms with Crippen molar-refractivity contribution in [3.8, 4) is 0 Å². The van der Waals surface area contributed by atoms with E-state index in [0.717, 1.165) is 0 Å². The Morgan fingerprint density at radius 2 is 0.667 bits per heavy atom. The highest BCUT2D eigenvalue weighted by atomic mass is 14.8. The Kier molecular flexibility index (Phi) is 4.27. The molecule has 1 heteroatoms. The van der Waals surface area contributed by atoms with Crippen molar-refractivity contribution in [3.05, 3.63) is 22.5 Å². The van der Waals surface area contributed by atoms with Gasteiger partial charge < -0.3 is 4.98 Å². The molecule has 0 unspecified atom stereocenters. The third-order valence-corrected chi connectivity index (χ3v) is 4.00. The molecule has 0 radical (unpaired) electrons. The molecule has 1 heterocycles. The van der Waals surface area contributed by atoms with Crippen molar-refractivity contribution >= 4 is 0 Å². The van der Waals surface area contributed by atoms with E-state index in [0.29, 0.717) is 0 Å². The molecule has 0 bridgehead atoms. The van der Waals surface area contributed by atoms with Crippen molar-refractivity contribution in [2.24, 2.45) is 0 Å². The van der Waals surface area contributed by atoms with E-state index in [1.807, 2.05) is 0 Å². The molecule has 0 aliphatic heterocycles. The standard InChI is InChI=1S/C20H37N/c1-17(2,3)13-14(18(4,5)6)16(20(10,11)12)21-15(13)19(7,8)9/h21H,1-12H3. The molecular weight excluding hydrogens is 254 g/mol. The third kappa shape index (κ3) is 3.73.